The van der Waals surface area contributed by atoms with Gasteiger partial charge in [0.1, 0.15) is 6.04 Å². The fraction of sp³-hybridized carbons (Fsp3) is 0.875. The molecule has 0 unspecified atom stereocenters. The van der Waals surface area contributed by atoms with E-state index in [1.165, 1.54) is 19.3 Å². The Morgan fingerprint density at radius 1 is 1.05 bits per heavy atom. The van der Waals surface area contributed by atoms with Crippen LogP contribution in [0.5, 0.6) is 0 Å². The van der Waals surface area contributed by atoms with Gasteiger partial charge in [-0.1, -0.05) is 60.3 Å². The van der Waals surface area contributed by atoms with Crippen LogP contribution in [0.3, 0.4) is 0 Å². The van der Waals surface area contributed by atoms with Crippen LogP contribution in [0.25, 0.3) is 0 Å². The molecule has 0 heterocycles. The van der Waals surface area contributed by atoms with Crippen molar-refractivity contribution < 1.29 is 14.7 Å². The first-order chi connectivity index (χ1) is 9.64. The van der Waals surface area contributed by atoms with Crippen LogP contribution >= 0.6 is 0 Å². The number of carboxylic acids is 1. The first kappa shape index (κ1) is 19.7. The lowest BCUT2D eigenvalue weighted by Crippen LogP contribution is -2.52. The molecule has 0 aromatic rings. The number of hydrogen-bond donors (Lipinski definition) is 3. The van der Waals surface area contributed by atoms with Gasteiger partial charge in [-0.25, -0.2) is 9.59 Å². The first-order valence-corrected chi connectivity index (χ1v) is 7.91. The molecule has 0 aromatic heterocycles. The molecule has 5 nitrogen and oxygen atoms in total. The van der Waals surface area contributed by atoms with E-state index in [1.807, 2.05) is 0 Å². The number of unbranched alkanes of at least 4 members (excludes halogenated alkanes) is 3. The van der Waals surface area contributed by atoms with Crippen LogP contribution < -0.4 is 10.6 Å². The molecule has 0 saturated heterocycles. The summed E-state index contributed by atoms with van der Waals surface area (Å²) in [6, 6.07) is -1.29. The molecule has 0 fully saturated rings. The minimum atomic E-state index is -1.01. The number of hydrogen-bond acceptors (Lipinski definition) is 2. The van der Waals surface area contributed by atoms with E-state index in [9.17, 15) is 9.59 Å². The van der Waals surface area contributed by atoms with Crippen LogP contribution in [0.1, 0.15) is 66.7 Å². The van der Waals surface area contributed by atoms with Crippen LogP contribution in [0.15, 0.2) is 0 Å². The molecule has 0 aromatic carbocycles. The Bertz CT molecular complexity index is 322. The zero-order chi connectivity index (χ0) is 16.5. The molecule has 2 amide bonds. The molecule has 1 atom stereocenters. The Labute approximate surface area is 128 Å². The molecular formula is C16H32N2O3. The van der Waals surface area contributed by atoms with E-state index in [1.54, 1.807) is 20.8 Å². The van der Waals surface area contributed by atoms with Crippen LogP contribution in [0.4, 0.5) is 4.79 Å². The number of aliphatic carboxylic acids is 1. The van der Waals surface area contributed by atoms with Gasteiger partial charge in [0, 0.05) is 6.54 Å². The molecule has 5 heteroatoms. The van der Waals surface area contributed by atoms with Gasteiger partial charge in [-0.3, -0.25) is 0 Å². The van der Waals surface area contributed by atoms with Gasteiger partial charge >= 0.3 is 12.0 Å². The second kappa shape index (κ2) is 9.64. The number of carboxylic acid groups (broad SMARTS) is 1. The topological polar surface area (TPSA) is 78.4 Å². The predicted molar refractivity (Wildman–Crippen MR) is 85.3 cm³/mol. The van der Waals surface area contributed by atoms with Crippen molar-refractivity contribution in [2.24, 2.45) is 11.3 Å². The normalized spacial score (nSPS) is 13.0. The average Bonchev–Trinajstić information content (AvgIpc) is 2.32. The van der Waals surface area contributed by atoms with Gasteiger partial charge in [-0.15, -0.1) is 0 Å². The summed E-state index contributed by atoms with van der Waals surface area (Å²) in [6.45, 7) is 10.4. The summed E-state index contributed by atoms with van der Waals surface area (Å²) in [4.78, 5) is 22.8. The summed E-state index contributed by atoms with van der Waals surface area (Å²) in [5, 5.41) is 14.4. The number of urea groups is 1. The molecule has 0 radical (unpaired) electrons. The second-order valence-electron chi connectivity index (χ2n) is 7.13. The van der Waals surface area contributed by atoms with Crippen LogP contribution in [-0.2, 0) is 4.79 Å². The van der Waals surface area contributed by atoms with Crippen molar-refractivity contribution in [3.05, 3.63) is 0 Å². The molecule has 0 rings (SSSR count). The Hall–Kier alpha value is -1.26. The van der Waals surface area contributed by atoms with Gasteiger partial charge < -0.3 is 15.7 Å². The third-order valence-electron chi connectivity index (χ3n) is 3.38. The standard InChI is InChI=1S/C16H32N2O3/c1-12(2)10-8-6-7-9-11-17-15(21)18-13(14(19)20)16(3,4)5/h12-13H,6-11H2,1-5H3,(H,19,20)(H2,17,18,21)/t13-/m0/s1. The Morgan fingerprint density at radius 3 is 2.10 bits per heavy atom. The summed E-state index contributed by atoms with van der Waals surface area (Å²) in [5.41, 5.74) is -0.514. The number of amides is 2. The smallest absolute Gasteiger partial charge is 0.326 e. The van der Waals surface area contributed by atoms with E-state index in [0.29, 0.717) is 6.54 Å². The van der Waals surface area contributed by atoms with Gasteiger partial charge in [0.2, 0.25) is 0 Å². The van der Waals surface area contributed by atoms with Crippen LogP contribution in [-0.4, -0.2) is 29.7 Å². The number of rotatable bonds is 9. The van der Waals surface area contributed by atoms with Gasteiger partial charge in [0.15, 0.2) is 0 Å². The van der Waals surface area contributed by atoms with Gasteiger partial charge in [0.25, 0.3) is 0 Å². The maximum atomic E-state index is 11.7. The summed E-state index contributed by atoms with van der Waals surface area (Å²) >= 11 is 0. The molecule has 0 spiro atoms. The monoisotopic (exact) mass is 300 g/mol. The van der Waals surface area contributed by atoms with Crippen molar-refractivity contribution in [3.63, 3.8) is 0 Å². The quantitative estimate of drug-likeness (QED) is 0.571. The minimum Gasteiger partial charge on any atom is -0.480 e. The fourth-order valence-corrected chi connectivity index (χ4v) is 2.06. The van der Waals surface area contributed by atoms with E-state index in [4.69, 9.17) is 5.11 Å². The zero-order valence-electron chi connectivity index (χ0n) is 14.2. The number of nitrogens with one attached hydrogen (secondary N) is 2. The van der Waals surface area contributed by atoms with Crippen molar-refractivity contribution in [1.29, 1.82) is 0 Å². The molecule has 0 aliphatic rings. The maximum Gasteiger partial charge on any atom is 0.326 e. The summed E-state index contributed by atoms with van der Waals surface area (Å²) in [7, 11) is 0. The maximum absolute atomic E-state index is 11.7. The lowest BCUT2D eigenvalue weighted by molar-refractivity contribution is -0.141. The van der Waals surface area contributed by atoms with Gasteiger partial charge in [0.05, 0.1) is 0 Å². The van der Waals surface area contributed by atoms with Crippen molar-refractivity contribution in [3.8, 4) is 0 Å². The van der Waals surface area contributed by atoms with Crippen molar-refractivity contribution in [2.45, 2.75) is 72.8 Å². The van der Waals surface area contributed by atoms with E-state index in [0.717, 1.165) is 18.8 Å². The minimum absolute atomic E-state index is 0.403. The zero-order valence-corrected chi connectivity index (χ0v) is 14.2. The summed E-state index contributed by atoms with van der Waals surface area (Å²) < 4.78 is 0. The molecular weight excluding hydrogens is 268 g/mol. The third kappa shape index (κ3) is 10.2. The Morgan fingerprint density at radius 2 is 1.62 bits per heavy atom. The van der Waals surface area contributed by atoms with Crippen LogP contribution in [0, 0.1) is 11.3 Å². The number of carbonyl (C=O) groups excluding carboxylic acids is 1. The molecule has 0 aliphatic carbocycles. The van der Waals surface area contributed by atoms with E-state index < -0.39 is 23.5 Å². The SMILES string of the molecule is CC(C)CCCCCCNC(=O)N[C@@H](C(=O)O)C(C)(C)C. The molecule has 21 heavy (non-hydrogen) atoms. The summed E-state index contributed by atoms with van der Waals surface area (Å²) in [6.07, 6.45) is 5.68. The second-order valence-corrected chi connectivity index (χ2v) is 7.13. The van der Waals surface area contributed by atoms with Crippen LogP contribution in [0.2, 0.25) is 0 Å². The van der Waals surface area contributed by atoms with Crippen molar-refractivity contribution in [2.75, 3.05) is 6.54 Å². The van der Waals surface area contributed by atoms with Crippen molar-refractivity contribution >= 4 is 12.0 Å². The highest BCUT2D eigenvalue weighted by atomic mass is 16.4. The van der Waals surface area contributed by atoms with E-state index >= 15 is 0 Å². The van der Waals surface area contributed by atoms with E-state index in [-0.39, 0.29) is 0 Å². The van der Waals surface area contributed by atoms with Gasteiger partial charge in [-0.05, 0) is 17.8 Å². The molecule has 0 aliphatic heterocycles. The van der Waals surface area contributed by atoms with E-state index in [2.05, 4.69) is 24.5 Å². The number of carbonyl (C=O) groups is 2. The van der Waals surface area contributed by atoms with Crippen molar-refractivity contribution in [1.82, 2.24) is 10.6 Å². The average molecular weight is 300 g/mol. The lowest BCUT2D eigenvalue weighted by Gasteiger charge is -2.27. The Kier molecular flexibility index (Phi) is 9.06. The Balaban J connectivity index is 3.82. The molecule has 0 saturated carbocycles. The molecule has 0 bridgehead atoms. The lowest BCUT2D eigenvalue weighted by atomic mass is 9.87. The summed E-state index contributed by atoms with van der Waals surface area (Å²) in [5.74, 6) is -0.259. The molecule has 3 N–H and O–H groups in total. The highest BCUT2D eigenvalue weighted by molar-refractivity contribution is 5.83. The largest absolute Gasteiger partial charge is 0.480 e. The third-order valence-corrected chi connectivity index (χ3v) is 3.38. The molecule has 124 valence electrons. The first-order valence-electron chi connectivity index (χ1n) is 7.91. The predicted octanol–water partition coefficient (Wildman–Crippen LogP) is 3.39. The highest BCUT2D eigenvalue weighted by Gasteiger charge is 2.32. The highest BCUT2D eigenvalue weighted by Crippen LogP contribution is 2.19. The fourth-order valence-electron chi connectivity index (χ4n) is 2.06. The van der Waals surface area contributed by atoms with Gasteiger partial charge in [-0.2, -0.15) is 0 Å².